The molecule has 3 atom stereocenters. The molecule has 2 aliphatic heterocycles. The number of rotatable bonds is 2. The molecule has 0 spiro atoms. The number of nitrogens with zero attached hydrogens (tertiary/aromatic N) is 1. The van der Waals surface area contributed by atoms with E-state index in [-0.39, 0.29) is 11.5 Å². The largest absolute Gasteiger partial charge is 0.393 e. The number of aliphatic hydroxyl groups excluding tert-OH is 1. The van der Waals surface area contributed by atoms with Crippen LogP contribution < -0.4 is 5.32 Å². The molecule has 1 aromatic rings. The lowest BCUT2D eigenvalue weighted by Crippen LogP contribution is -2.57. The van der Waals surface area contributed by atoms with Gasteiger partial charge in [-0.1, -0.05) is 30.7 Å². The van der Waals surface area contributed by atoms with Gasteiger partial charge in [0.25, 0.3) is 0 Å². The fourth-order valence-corrected chi connectivity index (χ4v) is 5.84. The fraction of sp³-hybridized carbons (Fsp3) is 0.700. The second kappa shape index (κ2) is 6.19. The van der Waals surface area contributed by atoms with Crippen molar-refractivity contribution >= 4 is 0 Å². The quantitative estimate of drug-likeness (QED) is 0.880. The van der Waals surface area contributed by atoms with Crippen LogP contribution in [0.1, 0.15) is 43.2 Å². The third kappa shape index (κ3) is 2.54. The molecule has 1 saturated carbocycles. The Balaban J connectivity index is 1.85. The predicted molar refractivity (Wildman–Crippen MR) is 93.4 cm³/mol. The highest BCUT2D eigenvalue weighted by atomic mass is 16.3. The van der Waals surface area contributed by atoms with Gasteiger partial charge in [0.05, 0.1) is 6.10 Å². The van der Waals surface area contributed by atoms with Crippen LogP contribution in [0.4, 0.5) is 0 Å². The molecule has 0 amide bonds. The fourth-order valence-electron chi connectivity index (χ4n) is 5.84. The maximum Gasteiger partial charge on any atom is 0.0577 e. The van der Waals surface area contributed by atoms with E-state index in [2.05, 4.69) is 41.5 Å². The Morgan fingerprint density at radius 2 is 1.91 bits per heavy atom. The van der Waals surface area contributed by atoms with Gasteiger partial charge in [-0.3, -0.25) is 0 Å². The van der Waals surface area contributed by atoms with Crippen molar-refractivity contribution < 1.29 is 5.11 Å². The molecule has 3 aliphatic rings. The third-order valence-corrected chi connectivity index (χ3v) is 6.70. The van der Waals surface area contributed by atoms with Crippen LogP contribution in [0.5, 0.6) is 0 Å². The second-order valence-corrected chi connectivity index (χ2v) is 8.00. The molecule has 1 aliphatic carbocycles. The number of nitrogens with one attached hydrogen (secondary N) is 1. The molecule has 2 heterocycles. The standard InChI is InChI=1S/C20H30N2O/c1-22-13-15-5-2-3-6-17(15)20(14-22,16-9-11-21-12-10-16)18-7-4-8-19(18)23/h2-3,5-6,16,18-19,21,23H,4,7-14H2,1H3/t18-,19-,20-/m0/s1. The Bertz CT molecular complexity index is 554. The lowest BCUT2D eigenvalue weighted by Gasteiger charge is -2.53. The van der Waals surface area contributed by atoms with E-state index in [4.69, 9.17) is 0 Å². The highest BCUT2D eigenvalue weighted by molar-refractivity contribution is 5.39. The van der Waals surface area contributed by atoms with Gasteiger partial charge in [0, 0.05) is 18.5 Å². The number of fused-ring (bicyclic) bond motifs is 1. The van der Waals surface area contributed by atoms with Gasteiger partial charge in [-0.2, -0.15) is 0 Å². The van der Waals surface area contributed by atoms with Crippen molar-refractivity contribution in [1.82, 2.24) is 10.2 Å². The molecule has 2 N–H and O–H groups in total. The van der Waals surface area contributed by atoms with Gasteiger partial charge in [0.1, 0.15) is 0 Å². The molecule has 0 radical (unpaired) electrons. The maximum absolute atomic E-state index is 10.8. The van der Waals surface area contributed by atoms with Crippen LogP contribution >= 0.6 is 0 Å². The highest BCUT2D eigenvalue weighted by Crippen LogP contribution is 2.52. The molecule has 126 valence electrons. The average Bonchev–Trinajstić information content (AvgIpc) is 3.01. The van der Waals surface area contributed by atoms with Crippen molar-refractivity contribution in [1.29, 1.82) is 0 Å². The first-order chi connectivity index (χ1) is 11.2. The Kier molecular flexibility index (Phi) is 4.21. The van der Waals surface area contributed by atoms with Crippen molar-refractivity contribution in [3.8, 4) is 0 Å². The van der Waals surface area contributed by atoms with E-state index >= 15 is 0 Å². The molecule has 0 aromatic heterocycles. The Hall–Kier alpha value is -0.900. The van der Waals surface area contributed by atoms with Crippen molar-refractivity contribution in [3.63, 3.8) is 0 Å². The molecule has 4 rings (SSSR count). The second-order valence-electron chi connectivity index (χ2n) is 8.00. The van der Waals surface area contributed by atoms with E-state index < -0.39 is 0 Å². The minimum absolute atomic E-state index is 0.121. The number of benzene rings is 1. The maximum atomic E-state index is 10.8. The lowest BCUT2D eigenvalue weighted by molar-refractivity contribution is 0.0108. The van der Waals surface area contributed by atoms with E-state index in [9.17, 15) is 5.11 Å². The minimum Gasteiger partial charge on any atom is -0.393 e. The van der Waals surface area contributed by atoms with Crippen molar-refractivity contribution in [3.05, 3.63) is 35.4 Å². The van der Waals surface area contributed by atoms with Crippen LogP contribution in [0.3, 0.4) is 0 Å². The summed E-state index contributed by atoms with van der Waals surface area (Å²) in [5, 5.41) is 14.3. The van der Waals surface area contributed by atoms with Crippen molar-refractivity contribution in [2.24, 2.45) is 11.8 Å². The van der Waals surface area contributed by atoms with E-state index in [1.165, 1.54) is 31.2 Å². The van der Waals surface area contributed by atoms with Gasteiger partial charge in [-0.25, -0.2) is 0 Å². The van der Waals surface area contributed by atoms with Crippen LogP contribution in [0.15, 0.2) is 24.3 Å². The van der Waals surface area contributed by atoms with Crippen molar-refractivity contribution in [2.45, 2.75) is 50.2 Å². The summed E-state index contributed by atoms with van der Waals surface area (Å²) >= 11 is 0. The van der Waals surface area contributed by atoms with Gasteiger partial charge in [-0.15, -0.1) is 0 Å². The van der Waals surface area contributed by atoms with E-state index in [0.717, 1.165) is 32.6 Å². The van der Waals surface area contributed by atoms with Gasteiger partial charge in [-0.05, 0) is 68.8 Å². The summed E-state index contributed by atoms with van der Waals surface area (Å²) in [5.41, 5.74) is 3.18. The summed E-state index contributed by atoms with van der Waals surface area (Å²) in [6.45, 7) is 4.41. The molecule has 23 heavy (non-hydrogen) atoms. The molecule has 1 aromatic carbocycles. The van der Waals surface area contributed by atoms with Crippen LogP contribution in [0.2, 0.25) is 0 Å². The number of likely N-dealkylation sites (N-methyl/N-ethyl adjacent to an activating group) is 1. The topological polar surface area (TPSA) is 35.5 Å². The van der Waals surface area contributed by atoms with E-state index in [1.54, 1.807) is 5.56 Å². The number of aliphatic hydroxyl groups is 1. The Labute approximate surface area is 140 Å². The SMILES string of the molecule is CN1Cc2ccccc2[C@](C2CCNCC2)([C@H]2CCC[C@@H]2O)C1. The van der Waals surface area contributed by atoms with Gasteiger partial charge >= 0.3 is 0 Å². The van der Waals surface area contributed by atoms with E-state index in [0.29, 0.717) is 11.8 Å². The number of hydrogen-bond acceptors (Lipinski definition) is 3. The molecular weight excluding hydrogens is 284 g/mol. The third-order valence-electron chi connectivity index (χ3n) is 6.70. The van der Waals surface area contributed by atoms with Gasteiger partial charge in [0.2, 0.25) is 0 Å². The minimum atomic E-state index is -0.121. The van der Waals surface area contributed by atoms with Gasteiger partial charge < -0.3 is 15.3 Å². The van der Waals surface area contributed by atoms with Crippen LogP contribution in [-0.2, 0) is 12.0 Å². The Morgan fingerprint density at radius 1 is 1.13 bits per heavy atom. The van der Waals surface area contributed by atoms with Gasteiger partial charge in [0.15, 0.2) is 0 Å². The highest BCUT2D eigenvalue weighted by Gasteiger charge is 2.53. The molecule has 3 nitrogen and oxygen atoms in total. The molecule has 1 saturated heterocycles. The predicted octanol–water partition coefficient (Wildman–Crippen LogP) is 2.53. The molecule has 2 fully saturated rings. The zero-order chi connectivity index (χ0) is 15.9. The van der Waals surface area contributed by atoms with Crippen molar-refractivity contribution in [2.75, 3.05) is 26.7 Å². The molecule has 0 unspecified atom stereocenters. The van der Waals surface area contributed by atoms with Crippen LogP contribution in [-0.4, -0.2) is 42.8 Å². The van der Waals surface area contributed by atoms with Crippen LogP contribution in [0, 0.1) is 11.8 Å². The first kappa shape index (κ1) is 15.6. The van der Waals surface area contributed by atoms with E-state index in [1.807, 2.05) is 0 Å². The Morgan fingerprint density at radius 3 is 2.65 bits per heavy atom. The number of hydrogen-bond donors (Lipinski definition) is 2. The molecule has 3 heteroatoms. The number of piperidine rings is 1. The summed E-state index contributed by atoms with van der Waals surface area (Å²) in [6, 6.07) is 9.06. The summed E-state index contributed by atoms with van der Waals surface area (Å²) in [4.78, 5) is 2.50. The summed E-state index contributed by atoms with van der Waals surface area (Å²) in [7, 11) is 2.26. The zero-order valence-corrected chi connectivity index (χ0v) is 14.3. The first-order valence-corrected chi connectivity index (χ1v) is 9.37. The average molecular weight is 314 g/mol. The van der Waals surface area contributed by atoms with Crippen LogP contribution in [0.25, 0.3) is 0 Å². The normalized spacial score (nSPS) is 36.1. The molecular formula is C20H30N2O. The smallest absolute Gasteiger partial charge is 0.0577 e. The first-order valence-electron chi connectivity index (χ1n) is 9.37. The molecule has 0 bridgehead atoms. The summed E-state index contributed by atoms with van der Waals surface area (Å²) in [6.07, 6.45) is 5.72. The zero-order valence-electron chi connectivity index (χ0n) is 14.3. The monoisotopic (exact) mass is 314 g/mol. The summed E-state index contributed by atoms with van der Waals surface area (Å²) < 4.78 is 0. The lowest BCUT2D eigenvalue weighted by atomic mass is 9.56. The summed E-state index contributed by atoms with van der Waals surface area (Å²) in [5.74, 6) is 1.11.